The minimum Gasteiger partial charge on any atom is -0.316 e. The number of fused-ring (bicyclic) bond motifs is 1. The quantitative estimate of drug-likeness (QED) is 0.601. The highest BCUT2D eigenvalue weighted by Gasteiger charge is 2.24. The molecule has 0 aliphatic carbocycles. The van der Waals surface area contributed by atoms with Crippen LogP contribution in [-0.2, 0) is 0 Å². The van der Waals surface area contributed by atoms with Crippen molar-refractivity contribution in [1.29, 1.82) is 5.26 Å². The molecule has 26 heavy (non-hydrogen) atoms. The largest absolute Gasteiger partial charge is 0.316 e. The fourth-order valence-corrected chi connectivity index (χ4v) is 4.04. The lowest BCUT2D eigenvalue weighted by Gasteiger charge is -2.30. The highest BCUT2D eigenvalue weighted by molar-refractivity contribution is 6.31. The first-order valence-electron chi connectivity index (χ1n) is 8.81. The first kappa shape index (κ1) is 17.1. The van der Waals surface area contributed by atoms with Crippen molar-refractivity contribution in [1.82, 2.24) is 9.47 Å². The number of nitrogens with zero attached hydrogens (tertiary/aromatic N) is 3. The molecule has 5 heteroatoms. The van der Waals surface area contributed by atoms with E-state index in [1.54, 1.807) is 12.1 Å². The maximum Gasteiger partial charge on any atom is 0.123 e. The van der Waals surface area contributed by atoms with Gasteiger partial charge in [-0.1, -0.05) is 11.6 Å². The van der Waals surface area contributed by atoms with Crippen molar-refractivity contribution in [2.75, 3.05) is 19.6 Å². The molecule has 0 radical (unpaired) electrons. The lowest BCUT2D eigenvalue weighted by Crippen LogP contribution is -2.33. The number of likely N-dealkylation sites (tertiary alicyclic amines) is 1. The van der Waals surface area contributed by atoms with Gasteiger partial charge in [-0.2, -0.15) is 5.26 Å². The van der Waals surface area contributed by atoms with E-state index in [0.29, 0.717) is 12.5 Å². The maximum atomic E-state index is 13.3. The van der Waals surface area contributed by atoms with Gasteiger partial charge >= 0.3 is 0 Å². The molecule has 4 rings (SSSR count). The summed E-state index contributed by atoms with van der Waals surface area (Å²) in [7, 11) is 0. The minimum absolute atomic E-state index is 0.238. The molecule has 0 bridgehead atoms. The smallest absolute Gasteiger partial charge is 0.123 e. The van der Waals surface area contributed by atoms with E-state index in [2.05, 4.69) is 21.7 Å². The molecule has 0 atom stereocenters. The summed E-state index contributed by atoms with van der Waals surface area (Å²) in [6, 6.07) is 14.7. The van der Waals surface area contributed by atoms with Gasteiger partial charge in [0.15, 0.2) is 0 Å². The van der Waals surface area contributed by atoms with Crippen molar-refractivity contribution in [2.45, 2.75) is 18.8 Å². The number of aromatic nitrogens is 1. The van der Waals surface area contributed by atoms with Crippen LogP contribution in [0.3, 0.4) is 0 Å². The van der Waals surface area contributed by atoms with Gasteiger partial charge in [-0.05, 0) is 79.9 Å². The summed E-state index contributed by atoms with van der Waals surface area (Å²) in [5.74, 6) is 0.200. The summed E-state index contributed by atoms with van der Waals surface area (Å²) in [5.41, 5.74) is 3.30. The Morgan fingerprint density at radius 1 is 1.12 bits per heavy atom. The van der Waals surface area contributed by atoms with Crippen LogP contribution in [0.2, 0.25) is 5.02 Å². The van der Waals surface area contributed by atoms with E-state index in [-0.39, 0.29) is 5.82 Å². The molecule has 3 nitrogen and oxygen atoms in total. The third-order valence-electron chi connectivity index (χ3n) is 5.22. The summed E-state index contributed by atoms with van der Waals surface area (Å²) in [5, 5.41) is 10.8. The van der Waals surface area contributed by atoms with Crippen molar-refractivity contribution >= 4 is 22.5 Å². The summed E-state index contributed by atoms with van der Waals surface area (Å²) in [4.78, 5) is 2.20. The summed E-state index contributed by atoms with van der Waals surface area (Å²) in [6.45, 7) is 2.36. The fourth-order valence-electron chi connectivity index (χ4n) is 3.87. The average Bonchev–Trinajstić information content (AvgIpc) is 3.02. The molecular weight excluding hydrogens is 349 g/mol. The van der Waals surface area contributed by atoms with Crippen LogP contribution in [0.5, 0.6) is 0 Å². The predicted octanol–water partition coefficient (Wildman–Crippen LogP) is 5.13. The van der Waals surface area contributed by atoms with Crippen molar-refractivity contribution < 1.29 is 4.39 Å². The van der Waals surface area contributed by atoms with Gasteiger partial charge in [0.1, 0.15) is 5.82 Å². The van der Waals surface area contributed by atoms with Gasteiger partial charge < -0.3 is 4.57 Å². The standard InChI is InChI=1S/C21H19ClFN3/c22-16-1-6-21-19(13-16)20(15-7-10-25(11-8-15)12-9-24)14-26(21)18-4-2-17(23)3-5-18/h1-6,13-15H,7-8,10-12H2. The summed E-state index contributed by atoms with van der Waals surface area (Å²) >= 11 is 6.27. The van der Waals surface area contributed by atoms with Crippen molar-refractivity contribution in [3.63, 3.8) is 0 Å². The zero-order valence-electron chi connectivity index (χ0n) is 14.3. The molecule has 1 aliphatic heterocycles. The van der Waals surface area contributed by atoms with E-state index < -0.39 is 0 Å². The fraction of sp³-hybridized carbons (Fsp3) is 0.286. The second-order valence-corrected chi connectivity index (χ2v) is 7.24. The highest BCUT2D eigenvalue weighted by atomic mass is 35.5. The zero-order chi connectivity index (χ0) is 18.1. The number of benzene rings is 2. The Labute approximate surface area is 157 Å². The normalized spacial score (nSPS) is 16.0. The Balaban J connectivity index is 1.74. The number of hydrogen-bond donors (Lipinski definition) is 0. The monoisotopic (exact) mass is 367 g/mol. The minimum atomic E-state index is -0.238. The molecule has 1 aromatic heterocycles. The van der Waals surface area contributed by atoms with E-state index in [9.17, 15) is 4.39 Å². The van der Waals surface area contributed by atoms with Gasteiger partial charge in [0.05, 0.1) is 18.1 Å². The second-order valence-electron chi connectivity index (χ2n) is 6.80. The van der Waals surface area contributed by atoms with Crippen LogP contribution in [0.15, 0.2) is 48.7 Å². The molecule has 2 aromatic carbocycles. The molecule has 1 saturated heterocycles. The van der Waals surface area contributed by atoms with Gasteiger partial charge in [0, 0.05) is 22.3 Å². The number of hydrogen-bond acceptors (Lipinski definition) is 2. The van der Waals surface area contributed by atoms with E-state index >= 15 is 0 Å². The van der Waals surface area contributed by atoms with Crippen molar-refractivity contribution in [3.8, 4) is 11.8 Å². The average molecular weight is 368 g/mol. The Morgan fingerprint density at radius 3 is 2.54 bits per heavy atom. The van der Waals surface area contributed by atoms with E-state index in [1.807, 2.05) is 18.2 Å². The Hall–Kier alpha value is -2.35. The Kier molecular flexibility index (Phi) is 4.67. The molecule has 1 aliphatic rings. The maximum absolute atomic E-state index is 13.3. The predicted molar refractivity (Wildman–Crippen MR) is 102 cm³/mol. The van der Waals surface area contributed by atoms with E-state index in [4.69, 9.17) is 16.9 Å². The van der Waals surface area contributed by atoms with Crippen LogP contribution in [0, 0.1) is 17.1 Å². The second kappa shape index (κ2) is 7.11. The third-order valence-corrected chi connectivity index (χ3v) is 5.46. The SMILES string of the molecule is N#CCN1CCC(c2cn(-c3ccc(F)cc3)c3ccc(Cl)cc23)CC1. The lowest BCUT2D eigenvalue weighted by atomic mass is 9.89. The molecule has 132 valence electrons. The number of halogens is 2. The lowest BCUT2D eigenvalue weighted by molar-refractivity contribution is 0.235. The molecule has 3 aromatic rings. The molecule has 0 unspecified atom stereocenters. The first-order chi connectivity index (χ1) is 12.7. The first-order valence-corrected chi connectivity index (χ1v) is 9.19. The molecule has 1 fully saturated rings. The van der Waals surface area contributed by atoms with Gasteiger partial charge in [0.2, 0.25) is 0 Å². The van der Waals surface area contributed by atoms with Crippen molar-refractivity contribution in [2.24, 2.45) is 0 Å². The van der Waals surface area contributed by atoms with Gasteiger partial charge in [-0.15, -0.1) is 0 Å². The Morgan fingerprint density at radius 2 is 1.85 bits per heavy atom. The molecule has 0 spiro atoms. The van der Waals surface area contributed by atoms with E-state index in [1.165, 1.54) is 17.7 Å². The van der Waals surface area contributed by atoms with Crippen molar-refractivity contribution in [3.05, 3.63) is 65.1 Å². The molecule has 2 heterocycles. The third kappa shape index (κ3) is 3.21. The van der Waals surface area contributed by atoms with Crippen LogP contribution in [0.4, 0.5) is 4.39 Å². The van der Waals surface area contributed by atoms with Crippen LogP contribution < -0.4 is 0 Å². The number of nitriles is 1. The summed E-state index contributed by atoms with van der Waals surface area (Å²) < 4.78 is 15.4. The topological polar surface area (TPSA) is 32.0 Å². The molecule has 0 amide bonds. The molecule has 0 N–H and O–H groups in total. The van der Waals surface area contributed by atoms with Gasteiger partial charge in [-0.25, -0.2) is 4.39 Å². The van der Waals surface area contributed by atoms with Gasteiger partial charge in [0.25, 0.3) is 0 Å². The van der Waals surface area contributed by atoms with Crippen LogP contribution in [0.25, 0.3) is 16.6 Å². The van der Waals surface area contributed by atoms with Gasteiger partial charge in [-0.3, -0.25) is 4.90 Å². The number of rotatable bonds is 3. The number of piperidine rings is 1. The summed E-state index contributed by atoms with van der Waals surface area (Å²) in [6.07, 6.45) is 4.21. The zero-order valence-corrected chi connectivity index (χ0v) is 15.1. The Bertz CT molecular complexity index is 963. The highest BCUT2D eigenvalue weighted by Crippen LogP contribution is 2.36. The van der Waals surface area contributed by atoms with Crippen LogP contribution >= 0.6 is 11.6 Å². The molecule has 0 saturated carbocycles. The molecular formula is C21H19ClFN3. The van der Waals surface area contributed by atoms with E-state index in [0.717, 1.165) is 47.5 Å². The van der Waals surface area contributed by atoms with Crippen LogP contribution in [0.1, 0.15) is 24.3 Å². The van der Waals surface area contributed by atoms with Crippen LogP contribution in [-0.4, -0.2) is 29.1 Å².